The molecule has 32 heavy (non-hydrogen) atoms. The van der Waals surface area contributed by atoms with E-state index in [9.17, 15) is 4.79 Å². The van der Waals surface area contributed by atoms with Crippen molar-refractivity contribution in [3.8, 4) is 0 Å². The molecule has 0 fully saturated rings. The second-order valence-electron chi connectivity index (χ2n) is 8.53. The maximum absolute atomic E-state index is 13.3. The van der Waals surface area contributed by atoms with Gasteiger partial charge in [-0.25, -0.2) is 4.98 Å². The van der Waals surface area contributed by atoms with E-state index in [1.807, 2.05) is 36.4 Å². The van der Waals surface area contributed by atoms with Crippen LogP contribution < -0.4 is 5.73 Å². The van der Waals surface area contributed by atoms with E-state index >= 15 is 0 Å². The lowest BCUT2D eigenvalue weighted by Crippen LogP contribution is -2.14. The van der Waals surface area contributed by atoms with Crippen LogP contribution in [0.2, 0.25) is 0 Å². The Bertz CT molecular complexity index is 1490. The highest BCUT2D eigenvalue weighted by atomic mass is 32.1. The number of carbonyl (C=O) groups is 1. The van der Waals surface area contributed by atoms with Gasteiger partial charge in [0.1, 0.15) is 9.71 Å². The van der Waals surface area contributed by atoms with Crippen molar-refractivity contribution >= 4 is 43.8 Å². The number of benzene rings is 3. The molecule has 1 atom stereocenters. The zero-order valence-corrected chi connectivity index (χ0v) is 18.4. The summed E-state index contributed by atoms with van der Waals surface area (Å²) in [7, 11) is 0. The Kier molecular flexibility index (Phi) is 4.54. The largest absolute Gasteiger partial charge is 0.397 e. The van der Waals surface area contributed by atoms with Gasteiger partial charge in [-0.1, -0.05) is 66.7 Å². The predicted molar refractivity (Wildman–Crippen MR) is 133 cm³/mol. The number of carbonyl (C=O) groups excluding carboxylic acids is 1. The maximum Gasteiger partial charge on any atom is 0.205 e. The van der Waals surface area contributed by atoms with Crippen molar-refractivity contribution in [1.29, 1.82) is 0 Å². The Labute approximate surface area is 190 Å². The van der Waals surface area contributed by atoms with Gasteiger partial charge in [-0.2, -0.15) is 0 Å². The van der Waals surface area contributed by atoms with Crippen molar-refractivity contribution in [2.45, 2.75) is 25.2 Å². The summed E-state index contributed by atoms with van der Waals surface area (Å²) in [5.74, 6) is 0.470. The van der Waals surface area contributed by atoms with Crippen LogP contribution in [0.3, 0.4) is 0 Å². The summed E-state index contributed by atoms with van der Waals surface area (Å²) in [6.07, 6.45) is 3.02. The Morgan fingerprint density at radius 3 is 2.56 bits per heavy atom. The Balaban J connectivity index is 1.38. The zero-order valence-electron chi connectivity index (χ0n) is 17.5. The number of hydrogen-bond acceptors (Lipinski definition) is 4. The van der Waals surface area contributed by atoms with Crippen LogP contribution in [0.5, 0.6) is 0 Å². The summed E-state index contributed by atoms with van der Waals surface area (Å²) in [4.78, 5) is 19.7. The molecule has 0 radical (unpaired) electrons. The quantitative estimate of drug-likeness (QED) is 0.328. The second kappa shape index (κ2) is 7.57. The molecule has 2 aromatic heterocycles. The molecule has 2 heterocycles. The molecule has 3 nitrogen and oxygen atoms in total. The minimum Gasteiger partial charge on any atom is -0.397 e. The molecule has 5 aromatic rings. The van der Waals surface area contributed by atoms with Crippen molar-refractivity contribution in [2.75, 3.05) is 5.73 Å². The summed E-state index contributed by atoms with van der Waals surface area (Å²) in [6, 6.07) is 26.8. The average Bonchev–Trinajstić information content (AvgIpc) is 3.17. The van der Waals surface area contributed by atoms with E-state index in [1.165, 1.54) is 22.5 Å². The first-order chi connectivity index (χ1) is 15.7. The van der Waals surface area contributed by atoms with Crippen LogP contribution in [-0.4, -0.2) is 10.8 Å². The minimum absolute atomic E-state index is 0.0311. The molecule has 6 rings (SSSR count). The van der Waals surface area contributed by atoms with E-state index in [0.29, 0.717) is 22.0 Å². The lowest BCUT2D eigenvalue weighted by atomic mass is 9.82. The number of ketones is 1. The van der Waals surface area contributed by atoms with Gasteiger partial charge >= 0.3 is 0 Å². The molecule has 0 bridgehead atoms. The summed E-state index contributed by atoms with van der Waals surface area (Å²) in [5.41, 5.74) is 11.5. The van der Waals surface area contributed by atoms with Crippen LogP contribution in [0.15, 0.2) is 78.9 Å². The van der Waals surface area contributed by atoms with Crippen LogP contribution in [0.25, 0.3) is 21.0 Å². The molecule has 156 valence electrons. The van der Waals surface area contributed by atoms with Gasteiger partial charge in [-0.3, -0.25) is 4.79 Å². The number of thiophene rings is 1. The van der Waals surface area contributed by atoms with Crippen molar-refractivity contribution in [3.63, 3.8) is 0 Å². The first-order valence-electron chi connectivity index (χ1n) is 11.0. The fourth-order valence-electron chi connectivity index (χ4n) is 4.83. The summed E-state index contributed by atoms with van der Waals surface area (Å²) in [5, 5.41) is 3.08. The van der Waals surface area contributed by atoms with Crippen molar-refractivity contribution < 1.29 is 4.79 Å². The van der Waals surface area contributed by atoms with Gasteiger partial charge in [0.2, 0.25) is 5.78 Å². The third-order valence-electron chi connectivity index (χ3n) is 6.57. The number of nitrogens with two attached hydrogens (primary N) is 1. The molecule has 1 unspecified atom stereocenters. The molecule has 3 aromatic carbocycles. The highest BCUT2D eigenvalue weighted by Crippen LogP contribution is 2.39. The number of nitrogen functional groups attached to an aromatic ring is 1. The molecular formula is C28H22N2OS. The Morgan fingerprint density at radius 1 is 0.938 bits per heavy atom. The van der Waals surface area contributed by atoms with E-state index in [0.717, 1.165) is 45.9 Å². The Hall–Kier alpha value is -3.50. The van der Waals surface area contributed by atoms with Crippen LogP contribution in [-0.2, 0) is 12.8 Å². The number of aromatic nitrogens is 1. The standard InChI is InChI=1S/C28H22N2OS/c29-25-23-16-22-15-20(17-6-2-1-3-7-17)12-13-24(22)30-28(23)32-27(25)26(31)21-11-10-18-8-4-5-9-19(18)14-21/h1-11,14,16,20H,12-13,15,29H2. The fraction of sp³-hybridized carbons (Fsp3) is 0.143. The van der Waals surface area contributed by atoms with Gasteiger partial charge < -0.3 is 5.73 Å². The van der Waals surface area contributed by atoms with Gasteiger partial charge in [-0.05, 0) is 59.2 Å². The topological polar surface area (TPSA) is 56.0 Å². The van der Waals surface area contributed by atoms with Crippen molar-refractivity contribution in [2.24, 2.45) is 0 Å². The van der Waals surface area contributed by atoms with Gasteiger partial charge in [0.25, 0.3) is 0 Å². The summed E-state index contributed by atoms with van der Waals surface area (Å²) >= 11 is 1.42. The SMILES string of the molecule is Nc1c(C(=O)c2ccc3ccccc3c2)sc2nc3c(cc12)CC(c1ccccc1)CC3. The molecule has 1 aliphatic rings. The fourth-order valence-corrected chi connectivity index (χ4v) is 5.89. The van der Waals surface area contributed by atoms with Crippen molar-refractivity contribution in [3.05, 3.63) is 106 Å². The summed E-state index contributed by atoms with van der Waals surface area (Å²) < 4.78 is 0. The zero-order chi connectivity index (χ0) is 21.7. The molecule has 0 spiro atoms. The van der Waals surface area contributed by atoms with E-state index in [4.69, 9.17) is 10.7 Å². The monoisotopic (exact) mass is 434 g/mol. The van der Waals surface area contributed by atoms with E-state index < -0.39 is 0 Å². The van der Waals surface area contributed by atoms with Crippen LogP contribution in [0.4, 0.5) is 5.69 Å². The Morgan fingerprint density at radius 2 is 1.72 bits per heavy atom. The van der Waals surface area contributed by atoms with Gasteiger partial charge in [0, 0.05) is 16.6 Å². The molecule has 1 aliphatic carbocycles. The third-order valence-corrected chi connectivity index (χ3v) is 7.69. The number of fused-ring (bicyclic) bond motifs is 3. The normalized spacial score (nSPS) is 15.7. The maximum atomic E-state index is 13.3. The highest BCUT2D eigenvalue weighted by Gasteiger charge is 2.25. The van der Waals surface area contributed by atoms with Crippen LogP contribution in [0.1, 0.15) is 44.4 Å². The van der Waals surface area contributed by atoms with Crippen LogP contribution in [0, 0.1) is 0 Å². The molecule has 4 heteroatoms. The van der Waals surface area contributed by atoms with E-state index in [-0.39, 0.29) is 5.78 Å². The molecule has 0 aliphatic heterocycles. The molecule has 0 saturated carbocycles. The molecule has 0 saturated heterocycles. The van der Waals surface area contributed by atoms with E-state index in [1.54, 1.807) is 0 Å². The first-order valence-corrected chi connectivity index (χ1v) is 11.8. The number of aryl methyl sites for hydroxylation is 1. The average molecular weight is 435 g/mol. The number of anilines is 1. The third kappa shape index (κ3) is 3.19. The number of pyridine rings is 1. The van der Waals surface area contributed by atoms with Gasteiger partial charge in [0.05, 0.1) is 5.69 Å². The number of hydrogen-bond donors (Lipinski definition) is 1. The minimum atomic E-state index is -0.0311. The summed E-state index contributed by atoms with van der Waals surface area (Å²) in [6.45, 7) is 0. The van der Waals surface area contributed by atoms with Gasteiger partial charge in [0.15, 0.2) is 0 Å². The second-order valence-corrected chi connectivity index (χ2v) is 9.53. The lowest BCUT2D eigenvalue weighted by molar-refractivity contribution is 0.104. The first kappa shape index (κ1) is 19.2. The molecular weight excluding hydrogens is 412 g/mol. The predicted octanol–water partition coefficient (Wildman–Crippen LogP) is 6.54. The van der Waals surface area contributed by atoms with Crippen molar-refractivity contribution in [1.82, 2.24) is 4.98 Å². The molecule has 2 N–H and O–H groups in total. The van der Waals surface area contributed by atoms with Crippen LogP contribution >= 0.6 is 11.3 Å². The smallest absolute Gasteiger partial charge is 0.205 e. The lowest BCUT2D eigenvalue weighted by Gasteiger charge is -2.24. The van der Waals surface area contributed by atoms with Gasteiger partial charge in [-0.15, -0.1) is 11.3 Å². The van der Waals surface area contributed by atoms with E-state index in [2.05, 4.69) is 42.5 Å². The highest BCUT2D eigenvalue weighted by molar-refractivity contribution is 7.21. The number of rotatable bonds is 3. The number of nitrogens with zero attached hydrogens (tertiary/aromatic N) is 1. The molecule has 0 amide bonds.